The van der Waals surface area contributed by atoms with Gasteiger partial charge >= 0.3 is 0 Å². The highest BCUT2D eigenvalue weighted by Crippen LogP contribution is 2.34. The summed E-state index contributed by atoms with van der Waals surface area (Å²) >= 11 is 0. The molecule has 4 heteroatoms. The number of hydrogen-bond acceptors (Lipinski definition) is 3. The third-order valence-corrected chi connectivity index (χ3v) is 3.82. The van der Waals surface area contributed by atoms with E-state index in [1.165, 1.54) is 30.2 Å². The van der Waals surface area contributed by atoms with Crippen LogP contribution in [-0.2, 0) is 13.5 Å². The molecule has 1 aliphatic carbocycles. The fourth-order valence-corrected chi connectivity index (χ4v) is 2.64. The van der Waals surface area contributed by atoms with Crippen molar-refractivity contribution in [1.29, 1.82) is 0 Å². The molecule has 1 atom stereocenters. The molecule has 96 valence electrons. The number of nitrogens with one attached hydrogen (secondary N) is 1. The Labute approximate surface area is 107 Å². The topological polar surface area (TPSA) is 55.9 Å². The van der Waals surface area contributed by atoms with E-state index in [-0.39, 0.29) is 0 Å². The lowest BCUT2D eigenvalue weighted by Gasteiger charge is -2.13. The highest BCUT2D eigenvalue weighted by atomic mass is 15.3. The quantitative estimate of drug-likeness (QED) is 0.622. The maximum absolute atomic E-state index is 5.66. The number of para-hydroxylation sites is 1. The Morgan fingerprint density at radius 2 is 2.22 bits per heavy atom. The third-order valence-electron chi connectivity index (χ3n) is 3.82. The molecule has 1 heterocycles. The summed E-state index contributed by atoms with van der Waals surface area (Å²) in [5.41, 5.74) is 5.29. The first-order valence-corrected chi connectivity index (χ1v) is 6.64. The summed E-state index contributed by atoms with van der Waals surface area (Å²) in [7, 11) is 2.00. The molecule has 0 amide bonds. The molecule has 18 heavy (non-hydrogen) atoms. The zero-order valence-electron chi connectivity index (χ0n) is 10.8. The first kappa shape index (κ1) is 11.7. The molecule has 1 fully saturated rings. The van der Waals surface area contributed by atoms with Crippen molar-refractivity contribution in [2.75, 3.05) is 0 Å². The number of nitrogens with two attached hydrogens (primary N) is 1. The molecule has 0 saturated heterocycles. The van der Waals surface area contributed by atoms with Gasteiger partial charge in [-0.3, -0.25) is 16.0 Å². The highest BCUT2D eigenvalue weighted by molar-refractivity contribution is 5.81. The second kappa shape index (κ2) is 4.71. The summed E-state index contributed by atoms with van der Waals surface area (Å²) in [4.78, 5) is 0. The molecule has 0 radical (unpaired) electrons. The average Bonchev–Trinajstić information content (AvgIpc) is 3.15. The monoisotopic (exact) mass is 244 g/mol. The van der Waals surface area contributed by atoms with Gasteiger partial charge in [0.2, 0.25) is 0 Å². The molecule has 1 saturated carbocycles. The van der Waals surface area contributed by atoms with Crippen molar-refractivity contribution in [3.8, 4) is 0 Å². The van der Waals surface area contributed by atoms with Crippen LogP contribution in [0.25, 0.3) is 10.9 Å². The first-order chi connectivity index (χ1) is 8.78. The van der Waals surface area contributed by atoms with Gasteiger partial charge in [0, 0.05) is 24.9 Å². The van der Waals surface area contributed by atoms with Crippen LogP contribution in [0.2, 0.25) is 0 Å². The van der Waals surface area contributed by atoms with Gasteiger partial charge in [-0.2, -0.15) is 5.10 Å². The van der Waals surface area contributed by atoms with Crippen LogP contribution < -0.4 is 11.3 Å². The fraction of sp³-hybridized carbons (Fsp3) is 0.500. The number of aryl methyl sites for hydroxylation is 1. The van der Waals surface area contributed by atoms with Crippen LogP contribution in [0.15, 0.2) is 24.3 Å². The molecule has 1 aromatic heterocycles. The second-order valence-corrected chi connectivity index (χ2v) is 5.33. The Morgan fingerprint density at radius 1 is 1.44 bits per heavy atom. The van der Waals surface area contributed by atoms with Crippen LogP contribution in [0.1, 0.15) is 25.0 Å². The van der Waals surface area contributed by atoms with Crippen LogP contribution in [0.4, 0.5) is 0 Å². The normalized spacial score (nSPS) is 17.2. The van der Waals surface area contributed by atoms with Gasteiger partial charge < -0.3 is 0 Å². The molecule has 4 nitrogen and oxygen atoms in total. The summed E-state index contributed by atoms with van der Waals surface area (Å²) in [5.74, 6) is 6.54. The molecule has 1 aromatic carbocycles. The lowest BCUT2D eigenvalue weighted by molar-refractivity contribution is 0.461. The number of benzene rings is 1. The maximum atomic E-state index is 5.66. The molecule has 0 spiro atoms. The van der Waals surface area contributed by atoms with Gasteiger partial charge in [-0.1, -0.05) is 31.0 Å². The standard InChI is InChI=1S/C14H20N4/c1-18-14-5-3-2-4-12(14)13(17-18)9-11(16-15)8-10-6-7-10/h2-5,10-11,16H,6-9,15H2,1H3. The first-order valence-electron chi connectivity index (χ1n) is 6.64. The summed E-state index contributed by atoms with van der Waals surface area (Å²) in [5, 5.41) is 5.87. The number of aromatic nitrogens is 2. The highest BCUT2D eigenvalue weighted by Gasteiger charge is 2.26. The van der Waals surface area contributed by atoms with Crippen molar-refractivity contribution in [2.45, 2.75) is 31.7 Å². The van der Waals surface area contributed by atoms with Crippen LogP contribution >= 0.6 is 0 Å². The van der Waals surface area contributed by atoms with Crippen molar-refractivity contribution < 1.29 is 0 Å². The van der Waals surface area contributed by atoms with Gasteiger partial charge in [-0.05, 0) is 18.4 Å². The number of rotatable bonds is 5. The van der Waals surface area contributed by atoms with E-state index in [0.29, 0.717) is 6.04 Å². The Balaban J connectivity index is 1.84. The summed E-state index contributed by atoms with van der Waals surface area (Å²) in [6, 6.07) is 8.71. The Bertz CT molecular complexity index is 542. The molecular weight excluding hydrogens is 224 g/mol. The zero-order valence-corrected chi connectivity index (χ0v) is 10.8. The van der Waals surface area contributed by atoms with E-state index in [0.717, 1.165) is 18.0 Å². The molecule has 1 aliphatic rings. The number of hydrogen-bond donors (Lipinski definition) is 2. The van der Waals surface area contributed by atoms with E-state index in [9.17, 15) is 0 Å². The smallest absolute Gasteiger partial charge is 0.0719 e. The van der Waals surface area contributed by atoms with Crippen LogP contribution in [-0.4, -0.2) is 15.8 Å². The molecule has 1 unspecified atom stereocenters. The van der Waals surface area contributed by atoms with Gasteiger partial charge in [-0.25, -0.2) is 0 Å². The van der Waals surface area contributed by atoms with E-state index < -0.39 is 0 Å². The average molecular weight is 244 g/mol. The molecule has 0 aliphatic heterocycles. The van der Waals surface area contributed by atoms with Crippen molar-refractivity contribution in [3.63, 3.8) is 0 Å². The van der Waals surface area contributed by atoms with Crippen molar-refractivity contribution in [2.24, 2.45) is 18.8 Å². The minimum atomic E-state index is 0.343. The largest absolute Gasteiger partial charge is 0.271 e. The molecule has 3 rings (SSSR count). The minimum absolute atomic E-state index is 0.343. The summed E-state index contributed by atoms with van der Waals surface area (Å²) in [6.45, 7) is 0. The zero-order chi connectivity index (χ0) is 12.5. The van der Waals surface area contributed by atoms with Crippen LogP contribution in [0, 0.1) is 5.92 Å². The summed E-state index contributed by atoms with van der Waals surface area (Å²) in [6.07, 6.45) is 4.80. The maximum Gasteiger partial charge on any atom is 0.0719 e. The number of nitrogens with zero attached hydrogens (tertiary/aromatic N) is 2. The van der Waals surface area contributed by atoms with Crippen molar-refractivity contribution in [1.82, 2.24) is 15.2 Å². The Morgan fingerprint density at radius 3 is 2.94 bits per heavy atom. The fourth-order valence-electron chi connectivity index (χ4n) is 2.64. The van der Waals surface area contributed by atoms with Gasteiger partial charge in [0.05, 0.1) is 11.2 Å². The molecule has 0 bridgehead atoms. The number of hydrazine groups is 1. The van der Waals surface area contributed by atoms with Gasteiger partial charge in [0.15, 0.2) is 0 Å². The van der Waals surface area contributed by atoms with E-state index >= 15 is 0 Å². The lowest BCUT2D eigenvalue weighted by atomic mass is 10.0. The molecule has 2 aromatic rings. The summed E-state index contributed by atoms with van der Waals surface area (Å²) < 4.78 is 1.95. The van der Waals surface area contributed by atoms with Crippen LogP contribution in [0.5, 0.6) is 0 Å². The lowest BCUT2D eigenvalue weighted by Crippen LogP contribution is -2.37. The van der Waals surface area contributed by atoms with Crippen molar-refractivity contribution >= 4 is 10.9 Å². The molecular formula is C14H20N4. The Hall–Kier alpha value is -1.39. The number of fused-ring (bicyclic) bond motifs is 1. The minimum Gasteiger partial charge on any atom is -0.271 e. The van der Waals surface area contributed by atoms with E-state index in [2.05, 4.69) is 34.8 Å². The molecule has 3 N–H and O–H groups in total. The van der Waals surface area contributed by atoms with Gasteiger partial charge in [0.1, 0.15) is 0 Å². The second-order valence-electron chi connectivity index (χ2n) is 5.33. The van der Waals surface area contributed by atoms with E-state index in [1.54, 1.807) is 0 Å². The van der Waals surface area contributed by atoms with Crippen molar-refractivity contribution in [3.05, 3.63) is 30.0 Å². The van der Waals surface area contributed by atoms with Crippen LogP contribution in [0.3, 0.4) is 0 Å². The van der Waals surface area contributed by atoms with E-state index in [1.807, 2.05) is 11.7 Å². The van der Waals surface area contributed by atoms with Gasteiger partial charge in [-0.15, -0.1) is 0 Å². The van der Waals surface area contributed by atoms with Gasteiger partial charge in [0.25, 0.3) is 0 Å². The predicted molar refractivity (Wildman–Crippen MR) is 72.9 cm³/mol. The predicted octanol–water partition coefficient (Wildman–Crippen LogP) is 1.75. The van der Waals surface area contributed by atoms with E-state index in [4.69, 9.17) is 5.84 Å². The Kier molecular flexibility index (Phi) is 3.06. The SMILES string of the molecule is Cn1nc(CC(CC2CC2)NN)c2ccccc21. The third kappa shape index (κ3) is 2.26.